The molecule has 0 amide bonds. The minimum absolute atomic E-state index is 0.324. The number of hydrogen-bond donors (Lipinski definition) is 1. The maximum absolute atomic E-state index is 13.6. The van der Waals surface area contributed by atoms with Gasteiger partial charge in [-0.1, -0.05) is 11.8 Å². The Balaban J connectivity index is 3.62. The molecule has 0 bridgehead atoms. The molecule has 0 saturated carbocycles. The van der Waals surface area contributed by atoms with Crippen molar-refractivity contribution in [3.63, 3.8) is 0 Å². The van der Waals surface area contributed by atoms with Crippen molar-refractivity contribution in [2.45, 2.75) is 4.90 Å². The third kappa shape index (κ3) is 2.85. The van der Waals surface area contributed by atoms with Gasteiger partial charge >= 0.3 is 0 Å². The van der Waals surface area contributed by atoms with Crippen molar-refractivity contribution in [3.05, 3.63) is 29.3 Å². The summed E-state index contributed by atoms with van der Waals surface area (Å²) in [7, 11) is -1.63. The molecule has 0 unspecified atom stereocenters. The lowest BCUT2D eigenvalue weighted by atomic mass is 10.2. The zero-order valence-electron chi connectivity index (χ0n) is 9.74. The first-order valence-electron chi connectivity index (χ1n) is 4.82. The molecule has 0 radical (unpaired) electrons. The molecule has 0 aliphatic heterocycles. The number of aliphatic hydroxyl groups is 1. The maximum Gasteiger partial charge on any atom is 0.246 e. The normalized spacial score (nSPS) is 11.2. The van der Waals surface area contributed by atoms with Gasteiger partial charge in [0.05, 0.1) is 5.56 Å². The van der Waals surface area contributed by atoms with Crippen LogP contribution in [0.2, 0.25) is 0 Å². The van der Waals surface area contributed by atoms with Crippen LogP contribution < -0.4 is 0 Å². The summed E-state index contributed by atoms with van der Waals surface area (Å²) < 4.78 is 51.2. The van der Waals surface area contributed by atoms with Crippen LogP contribution in [0.5, 0.6) is 0 Å². The van der Waals surface area contributed by atoms with Crippen LogP contribution in [0.3, 0.4) is 0 Å². The molecule has 0 aliphatic carbocycles. The summed E-state index contributed by atoms with van der Waals surface area (Å²) >= 11 is 0. The van der Waals surface area contributed by atoms with Crippen molar-refractivity contribution < 1.29 is 22.3 Å². The van der Waals surface area contributed by atoms with E-state index < -0.39 is 33.2 Å². The molecule has 98 valence electrons. The molecular weight excluding hydrogens is 264 g/mol. The lowest BCUT2D eigenvalue weighted by Crippen LogP contribution is -2.24. The van der Waals surface area contributed by atoms with Gasteiger partial charge in [-0.3, -0.25) is 0 Å². The largest absolute Gasteiger partial charge is 0.384 e. The summed E-state index contributed by atoms with van der Waals surface area (Å²) in [5.41, 5.74) is -0.324. The Morgan fingerprint density at radius 3 is 2.44 bits per heavy atom. The second kappa shape index (κ2) is 5.44. The van der Waals surface area contributed by atoms with Crippen molar-refractivity contribution in [1.29, 1.82) is 0 Å². The topological polar surface area (TPSA) is 57.6 Å². The summed E-state index contributed by atoms with van der Waals surface area (Å²) in [4.78, 5) is -0.699. The van der Waals surface area contributed by atoms with E-state index in [0.717, 1.165) is 10.4 Å². The molecule has 0 spiro atoms. The Kier molecular flexibility index (Phi) is 4.40. The van der Waals surface area contributed by atoms with Crippen LogP contribution in [0.15, 0.2) is 17.0 Å². The number of sulfonamides is 1. The molecule has 1 rings (SSSR count). The fraction of sp³-hybridized carbons (Fsp3) is 0.273. The Morgan fingerprint density at radius 1 is 1.33 bits per heavy atom. The third-order valence-electron chi connectivity index (χ3n) is 2.05. The van der Waals surface area contributed by atoms with Crippen LogP contribution in [0.4, 0.5) is 8.78 Å². The van der Waals surface area contributed by atoms with Gasteiger partial charge in [0.15, 0.2) is 0 Å². The Morgan fingerprint density at radius 2 is 1.94 bits per heavy atom. The molecule has 0 aromatic heterocycles. The molecule has 0 heterocycles. The molecule has 7 heteroatoms. The zero-order valence-corrected chi connectivity index (χ0v) is 10.6. The van der Waals surface area contributed by atoms with Gasteiger partial charge < -0.3 is 5.11 Å². The van der Waals surface area contributed by atoms with Crippen LogP contribution in [-0.4, -0.2) is 38.5 Å². The van der Waals surface area contributed by atoms with Gasteiger partial charge in [0.1, 0.15) is 23.1 Å². The first-order valence-corrected chi connectivity index (χ1v) is 6.26. The first-order chi connectivity index (χ1) is 8.30. The molecular formula is C11H11F2NO3S. The molecule has 1 N–H and O–H groups in total. The van der Waals surface area contributed by atoms with Gasteiger partial charge in [-0.2, -0.15) is 0 Å². The van der Waals surface area contributed by atoms with Gasteiger partial charge in [0.2, 0.25) is 10.0 Å². The summed E-state index contributed by atoms with van der Waals surface area (Å²) in [5.74, 6) is 2.23. The average molecular weight is 275 g/mol. The molecule has 0 saturated heterocycles. The number of hydrogen-bond acceptors (Lipinski definition) is 3. The minimum atomic E-state index is -4.08. The lowest BCUT2D eigenvalue weighted by Gasteiger charge is -2.13. The van der Waals surface area contributed by atoms with Crippen molar-refractivity contribution >= 4 is 10.0 Å². The second-order valence-corrected chi connectivity index (χ2v) is 5.60. The number of aliphatic hydroxyl groups excluding tert-OH is 1. The molecule has 4 nitrogen and oxygen atoms in total. The van der Waals surface area contributed by atoms with Crippen LogP contribution in [0, 0.1) is 23.5 Å². The molecule has 1 aromatic rings. The van der Waals surface area contributed by atoms with Gasteiger partial charge in [-0.15, -0.1) is 0 Å². The molecule has 18 heavy (non-hydrogen) atoms. The number of nitrogens with zero attached hydrogens (tertiary/aromatic N) is 1. The van der Waals surface area contributed by atoms with E-state index in [1.807, 2.05) is 0 Å². The SMILES string of the molecule is CN(C)S(=O)(=O)c1c(F)cc(F)cc1C#CCO. The number of halogens is 2. The van der Waals surface area contributed by atoms with Crippen molar-refractivity contribution in [3.8, 4) is 11.8 Å². The highest BCUT2D eigenvalue weighted by molar-refractivity contribution is 7.89. The van der Waals surface area contributed by atoms with Crippen molar-refractivity contribution in [1.82, 2.24) is 4.31 Å². The van der Waals surface area contributed by atoms with E-state index in [9.17, 15) is 17.2 Å². The van der Waals surface area contributed by atoms with Crippen LogP contribution in [0.1, 0.15) is 5.56 Å². The second-order valence-electron chi connectivity index (χ2n) is 3.51. The summed E-state index contributed by atoms with van der Waals surface area (Å²) in [6.45, 7) is -0.542. The lowest BCUT2D eigenvalue weighted by molar-refractivity contribution is 0.350. The highest BCUT2D eigenvalue weighted by Gasteiger charge is 2.26. The fourth-order valence-electron chi connectivity index (χ4n) is 1.23. The zero-order chi connectivity index (χ0) is 13.9. The van der Waals surface area contributed by atoms with Crippen LogP contribution in [-0.2, 0) is 10.0 Å². The van der Waals surface area contributed by atoms with Gasteiger partial charge in [-0.25, -0.2) is 21.5 Å². The van der Waals surface area contributed by atoms with E-state index >= 15 is 0 Å². The number of benzene rings is 1. The Bertz CT molecular complexity index is 615. The quantitative estimate of drug-likeness (QED) is 0.802. The van der Waals surface area contributed by atoms with Gasteiger partial charge in [0.25, 0.3) is 0 Å². The monoisotopic (exact) mass is 275 g/mol. The standard InChI is InChI=1S/C11H11F2NO3S/c1-14(2)18(16,17)11-8(4-3-5-15)6-9(12)7-10(11)13/h6-7,15H,5H2,1-2H3. The van der Waals surface area contributed by atoms with Gasteiger partial charge in [-0.05, 0) is 6.07 Å². The predicted octanol–water partition coefficient (Wildman–Crippen LogP) is 0.559. The first kappa shape index (κ1) is 14.6. The summed E-state index contributed by atoms with van der Waals surface area (Å²) in [6.07, 6.45) is 0. The van der Waals surface area contributed by atoms with E-state index in [1.54, 1.807) is 0 Å². The highest BCUT2D eigenvalue weighted by Crippen LogP contribution is 2.23. The van der Waals surface area contributed by atoms with E-state index in [1.165, 1.54) is 14.1 Å². The van der Waals surface area contributed by atoms with Crippen LogP contribution >= 0.6 is 0 Å². The van der Waals surface area contributed by atoms with Crippen LogP contribution in [0.25, 0.3) is 0 Å². The minimum Gasteiger partial charge on any atom is -0.384 e. The van der Waals surface area contributed by atoms with E-state index in [0.29, 0.717) is 6.07 Å². The van der Waals surface area contributed by atoms with Crippen molar-refractivity contribution in [2.24, 2.45) is 0 Å². The smallest absolute Gasteiger partial charge is 0.246 e. The fourth-order valence-corrected chi connectivity index (χ4v) is 2.29. The number of rotatable bonds is 2. The average Bonchev–Trinajstić information content (AvgIpc) is 2.24. The molecule has 1 aromatic carbocycles. The van der Waals surface area contributed by atoms with E-state index in [4.69, 9.17) is 5.11 Å². The van der Waals surface area contributed by atoms with Gasteiger partial charge in [0, 0.05) is 20.2 Å². The molecule has 0 aliphatic rings. The predicted molar refractivity (Wildman–Crippen MR) is 61.2 cm³/mol. The van der Waals surface area contributed by atoms with Crippen molar-refractivity contribution in [2.75, 3.05) is 20.7 Å². The summed E-state index contributed by atoms with van der Waals surface area (Å²) in [6, 6.07) is 1.28. The summed E-state index contributed by atoms with van der Waals surface area (Å²) in [5, 5.41) is 8.55. The third-order valence-corrected chi connectivity index (χ3v) is 3.94. The highest BCUT2D eigenvalue weighted by atomic mass is 32.2. The Hall–Kier alpha value is -1.49. The van der Waals surface area contributed by atoms with E-state index in [-0.39, 0.29) is 5.56 Å². The maximum atomic E-state index is 13.6. The van der Waals surface area contributed by atoms with E-state index in [2.05, 4.69) is 11.8 Å². The molecule has 0 atom stereocenters. The Labute approximate surface area is 104 Å². The molecule has 0 fully saturated rings.